The number of aryl methyl sites for hydroxylation is 2. The van der Waals surface area contributed by atoms with Crippen molar-refractivity contribution in [1.82, 2.24) is 24.9 Å². The molecule has 2 atom stereocenters. The summed E-state index contributed by atoms with van der Waals surface area (Å²) in [5.74, 6) is -0.228. The van der Waals surface area contributed by atoms with E-state index in [1.54, 1.807) is 35.0 Å². The van der Waals surface area contributed by atoms with Crippen LogP contribution >= 0.6 is 0 Å². The third-order valence-corrected chi connectivity index (χ3v) is 3.46. The van der Waals surface area contributed by atoms with Crippen LogP contribution in [0.4, 0.5) is 0 Å². The fourth-order valence-electron chi connectivity index (χ4n) is 2.07. The van der Waals surface area contributed by atoms with E-state index in [0.717, 1.165) is 11.3 Å². The first-order valence-corrected chi connectivity index (χ1v) is 6.43. The normalized spacial score (nSPS) is 14.1. The molecule has 2 aromatic heterocycles. The van der Waals surface area contributed by atoms with E-state index in [2.05, 4.69) is 15.5 Å². The van der Waals surface area contributed by atoms with Crippen LogP contribution in [0.15, 0.2) is 18.6 Å². The van der Waals surface area contributed by atoms with Crippen molar-refractivity contribution in [2.45, 2.75) is 25.9 Å². The van der Waals surface area contributed by atoms with Crippen molar-refractivity contribution in [3.8, 4) is 0 Å². The molecule has 0 radical (unpaired) electrons. The Hall–Kier alpha value is -2.15. The van der Waals surface area contributed by atoms with Gasteiger partial charge in [-0.25, -0.2) is 0 Å². The number of aromatic nitrogens is 4. The van der Waals surface area contributed by atoms with Gasteiger partial charge in [0.2, 0.25) is 5.91 Å². The highest BCUT2D eigenvalue weighted by atomic mass is 16.2. The summed E-state index contributed by atoms with van der Waals surface area (Å²) in [6.07, 6.45) is 5.10. The molecular weight excluding hydrogens is 256 g/mol. The van der Waals surface area contributed by atoms with Crippen LogP contribution in [-0.4, -0.2) is 25.5 Å². The quantitative estimate of drug-likeness (QED) is 0.842. The van der Waals surface area contributed by atoms with Gasteiger partial charge in [-0.1, -0.05) is 0 Å². The molecule has 2 rings (SSSR count). The Morgan fingerprint density at radius 3 is 2.55 bits per heavy atom. The Labute approximate surface area is 117 Å². The Morgan fingerprint density at radius 1 is 1.35 bits per heavy atom. The summed E-state index contributed by atoms with van der Waals surface area (Å²) in [7, 11) is 3.66. The Bertz CT molecular complexity index is 614. The van der Waals surface area contributed by atoms with Gasteiger partial charge in [0.05, 0.1) is 18.4 Å². The van der Waals surface area contributed by atoms with Gasteiger partial charge < -0.3 is 11.1 Å². The van der Waals surface area contributed by atoms with Crippen LogP contribution in [0.3, 0.4) is 0 Å². The van der Waals surface area contributed by atoms with Gasteiger partial charge in [0.15, 0.2) is 0 Å². The number of carbonyl (C=O) groups is 1. The number of rotatable bonds is 4. The highest BCUT2D eigenvalue weighted by molar-refractivity contribution is 5.83. The predicted octanol–water partition coefficient (Wildman–Crippen LogP) is 0.339. The van der Waals surface area contributed by atoms with E-state index in [9.17, 15) is 4.79 Å². The second-order valence-electron chi connectivity index (χ2n) is 4.96. The van der Waals surface area contributed by atoms with Crippen LogP contribution in [-0.2, 0) is 18.9 Å². The molecule has 0 bridgehead atoms. The van der Waals surface area contributed by atoms with Gasteiger partial charge >= 0.3 is 0 Å². The molecule has 108 valence electrons. The predicted molar refractivity (Wildman–Crippen MR) is 74.6 cm³/mol. The first-order chi connectivity index (χ1) is 9.40. The lowest BCUT2D eigenvalue weighted by Gasteiger charge is -2.16. The topological polar surface area (TPSA) is 90.8 Å². The molecule has 0 aromatic carbocycles. The van der Waals surface area contributed by atoms with Gasteiger partial charge in [-0.3, -0.25) is 14.2 Å². The highest BCUT2D eigenvalue weighted by Gasteiger charge is 2.21. The standard InChI is InChI=1S/C13H20N6O/c1-8(11-6-16-19(4)9(11)2)17-13(20)12(14)10-5-15-18(3)7-10/h5-8,12H,14H2,1-4H3,(H,17,20). The molecule has 2 aromatic rings. The van der Waals surface area contributed by atoms with E-state index in [1.807, 2.05) is 20.9 Å². The number of carbonyl (C=O) groups excluding carboxylic acids is 1. The van der Waals surface area contributed by atoms with E-state index in [-0.39, 0.29) is 11.9 Å². The van der Waals surface area contributed by atoms with Crippen molar-refractivity contribution in [3.05, 3.63) is 35.4 Å². The van der Waals surface area contributed by atoms with Gasteiger partial charge in [-0.2, -0.15) is 10.2 Å². The van der Waals surface area contributed by atoms with Crippen molar-refractivity contribution in [3.63, 3.8) is 0 Å². The first kappa shape index (κ1) is 14.3. The highest BCUT2D eigenvalue weighted by Crippen LogP contribution is 2.17. The van der Waals surface area contributed by atoms with E-state index in [1.165, 1.54) is 0 Å². The number of nitrogens with two attached hydrogens (primary N) is 1. The number of amides is 1. The summed E-state index contributed by atoms with van der Waals surface area (Å²) in [6.45, 7) is 3.88. The van der Waals surface area contributed by atoms with Gasteiger partial charge in [-0.05, 0) is 13.8 Å². The minimum absolute atomic E-state index is 0.140. The zero-order chi connectivity index (χ0) is 14.9. The summed E-state index contributed by atoms with van der Waals surface area (Å²) < 4.78 is 3.40. The van der Waals surface area contributed by atoms with E-state index >= 15 is 0 Å². The van der Waals surface area contributed by atoms with Gasteiger partial charge in [0, 0.05) is 37.1 Å². The van der Waals surface area contributed by atoms with Crippen molar-refractivity contribution in [2.75, 3.05) is 0 Å². The minimum Gasteiger partial charge on any atom is -0.348 e. The maximum absolute atomic E-state index is 12.2. The lowest BCUT2D eigenvalue weighted by molar-refractivity contribution is -0.123. The van der Waals surface area contributed by atoms with E-state index in [0.29, 0.717) is 5.56 Å². The number of nitrogens with one attached hydrogen (secondary N) is 1. The summed E-state index contributed by atoms with van der Waals surface area (Å²) >= 11 is 0. The molecule has 0 saturated heterocycles. The molecule has 0 aliphatic carbocycles. The zero-order valence-electron chi connectivity index (χ0n) is 12.2. The Kier molecular flexibility index (Phi) is 3.89. The summed E-state index contributed by atoms with van der Waals surface area (Å²) in [5.41, 5.74) is 8.64. The third-order valence-electron chi connectivity index (χ3n) is 3.46. The Morgan fingerprint density at radius 2 is 2.05 bits per heavy atom. The summed E-state index contributed by atoms with van der Waals surface area (Å²) in [4.78, 5) is 12.2. The van der Waals surface area contributed by atoms with Crippen LogP contribution < -0.4 is 11.1 Å². The van der Waals surface area contributed by atoms with Crippen LogP contribution in [0.25, 0.3) is 0 Å². The van der Waals surface area contributed by atoms with Crippen molar-refractivity contribution in [2.24, 2.45) is 19.8 Å². The molecule has 7 heteroatoms. The molecule has 0 fully saturated rings. The molecule has 0 aliphatic heterocycles. The molecule has 0 saturated carbocycles. The second kappa shape index (κ2) is 5.46. The van der Waals surface area contributed by atoms with Crippen LogP contribution in [0.1, 0.15) is 35.8 Å². The molecule has 0 spiro atoms. The first-order valence-electron chi connectivity index (χ1n) is 6.43. The smallest absolute Gasteiger partial charge is 0.242 e. The van der Waals surface area contributed by atoms with Gasteiger partial charge in [0.1, 0.15) is 6.04 Å². The number of hydrogen-bond donors (Lipinski definition) is 2. The molecule has 2 unspecified atom stereocenters. The van der Waals surface area contributed by atoms with E-state index in [4.69, 9.17) is 5.73 Å². The van der Waals surface area contributed by atoms with E-state index < -0.39 is 6.04 Å². The molecule has 7 nitrogen and oxygen atoms in total. The zero-order valence-corrected chi connectivity index (χ0v) is 12.2. The lowest BCUT2D eigenvalue weighted by atomic mass is 10.1. The molecule has 1 amide bonds. The van der Waals surface area contributed by atoms with Crippen LogP contribution in [0.2, 0.25) is 0 Å². The van der Waals surface area contributed by atoms with Crippen molar-refractivity contribution >= 4 is 5.91 Å². The second-order valence-corrected chi connectivity index (χ2v) is 4.96. The van der Waals surface area contributed by atoms with Crippen molar-refractivity contribution in [1.29, 1.82) is 0 Å². The molecular formula is C13H20N6O. The minimum atomic E-state index is -0.719. The molecule has 2 heterocycles. The van der Waals surface area contributed by atoms with Gasteiger partial charge in [-0.15, -0.1) is 0 Å². The van der Waals surface area contributed by atoms with Gasteiger partial charge in [0.25, 0.3) is 0 Å². The molecule has 20 heavy (non-hydrogen) atoms. The fourth-order valence-corrected chi connectivity index (χ4v) is 2.07. The number of hydrogen-bond acceptors (Lipinski definition) is 4. The largest absolute Gasteiger partial charge is 0.348 e. The SMILES string of the molecule is Cc1c(C(C)NC(=O)C(N)c2cnn(C)c2)cnn1C. The fraction of sp³-hybridized carbons (Fsp3) is 0.462. The number of nitrogens with zero attached hydrogens (tertiary/aromatic N) is 4. The summed E-state index contributed by atoms with van der Waals surface area (Å²) in [6, 6.07) is -0.859. The molecule has 0 aliphatic rings. The maximum atomic E-state index is 12.2. The average molecular weight is 276 g/mol. The summed E-state index contributed by atoms with van der Waals surface area (Å²) in [5, 5.41) is 11.1. The maximum Gasteiger partial charge on any atom is 0.242 e. The lowest BCUT2D eigenvalue weighted by Crippen LogP contribution is -2.35. The van der Waals surface area contributed by atoms with Crippen LogP contribution in [0, 0.1) is 6.92 Å². The van der Waals surface area contributed by atoms with Crippen molar-refractivity contribution < 1.29 is 4.79 Å². The van der Waals surface area contributed by atoms with Crippen LogP contribution in [0.5, 0.6) is 0 Å². The molecule has 3 N–H and O–H groups in total. The average Bonchev–Trinajstić information content (AvgIpc) is 2.96. The third kappa shape index (κ3) is 2.72. The Balaban J connectivity index is 2.06. The monoisotopic (exact) mass is 276 g/mol.